The summed E-state index contributed by atoms with van der Waals surface area (Å²) in [6.07, 6.45) is 3.45. The highest BCUT2D eigenvalue weighted by Crippen LogP contribution is 2.25. The molecule has 0 aliphatic carbocycles. The number of carbonyl (C=O) groups excluding carboxylic acids is 3. The zero-order valence-corrected chi connectivity index (χ0v) is 15.7. The maximum absolute atomic E-state index is 12.3. The molecule has 1 aliphatic rings. The van der Waals surface area contributed by atoms with Gasteiger partial charge in [-0.25, -0.2) is 9.78 Å². The molecule has 3 aromatic rings. The Balaban J connectivity index is 1.43. The normalized spacial score (nSPS) is 13.0. The summed E-state index contributed by atoms with van der Waals surface area (Å²) in [5.74, 6) is -2.09. The number of imidazole rings is 1. The molecule has 7 nitrogen and oxygen atoms in total. The number of hydroxylamine groups is 2. The Labute approximate surface area is 164 Å². The number of hydrogen-bond acceptors (Lipinski definition) is 6. The molecule has 2 aromatic carbocycles. The minimum absolute atomic E-state index is 0.101. The molecule has 0 fully saturated rings. The Morgan fingerprint density at radius 1 is 1.04 bits per heavy atom. The summed E-state index contributed by atoms with van der Waals surface area (Å²) in [5, 5.41) is 1.12. The minimum Gasteiger partial charge on any atom is -0.329 e. The fourth-order valence-corrected chi connectivity index (χ4v) is 3.65. The monoisotopic (exact) mass is 393 g/mol. The number of thioether (sulfide) groups is 1. The van der Waals surface area contributed by atoms with Crippen LogP contribution in [0.15, 0.2) is 66.1 Å². The topological polar surface area (TPSA) is 81.5 Å². The summed E-state index contributed by atoms with van der Waals surface area (Å²) in [7, 11) is 0. The number of fused-ring (bicyclic) bond motifs is 1. The molecule has 0 radical (unpaired) electrons. The number of amides is 2. The number of imide groups is 1. The van der Waals surface area contributed by atoms with Crippen molar-refractivity contribution in [2.75, 3.05) is 5.75 Å². The largest absolute Gasteiger partial charge is 0.343 e. The Morgan fingerprint density at radius 3 is 2.36 bits per heavy atom. The molecule has 0 saturated carbocycles. The number of nitrogens with zero attached hydrogens (tertiary/aromatic N) is 3. The molecule has 0 unspecified atom stereocenters. The lowest BCUT2D eigenvalue weighted by Crippen LogP contribution is -2.33. The smallest absolute Gasteiger partial charge is 0.329 e. The number of benzene rings is 2. The minimum atomic E-state index is -0.709. The zero-order valence-electron chi connectivity index (χ0n) is 14.9. The van der Waals surface area contributed by atoms with Crippen LogP contribution < -0.4 is 0 Å². The lowest BCUT2D eigenvalue weighted by molar-refractivity contribution is -0.165. The summed E-state index contributed by atoms with van der Waals surface area (Å²) < 4.78 is 1.87. The number of aromatic nitrogens is 2. The summed E-state index contributed by atoms with van der Waals surface area (Å²) in [5.41, 5.74) is 2.47. The SMILES string of the molecule is Cc1ccccc1-n1ccnc1SCC(=O)ON1C(=O)c2ccccc2C1=O. The van der Waals surface area contributed by atoms with Crippen molar-refractivity contribution in [3.8, 4) is 5.69 Å². The van der Waals surface area contributed by atoms with E-state index in [4.69, 9.17) is 4.84 Å². The van der Waals surface area contributed by atoms with E-state index in [0.29, 0.717) is 10.2 Å². The van der Waals surface area contributed by atoms with E-state index in [0.717, 1.165) is 23.0 Å². The van der Waals surface area contributed by atoms with Crippen LogP contribution in [0.1, 0.15) is 26.3 Å². The fraction of sp³-hybridized carbons (Fsp3) is 0.100. The second-order valence-electron chi connectivity index (χ2n) is 6.07. The van der Waals surface area contributed by atoms with Crippen molar-refractivity contribution in [3.05, 3.63) is 77.6 Å². The van der Waals surface area contributed by atoms with Crippen LogP contribution >= 0.6 is 11.8 Å². The van der Waals surface area contributed by atoms with Gasteiger partial charge in [-0.1, -0.05) is 47.2 Å². The third-order valence-electron chi connectivity index (χ3n) is 4.25. The highest BCUT2D eigenvalue weighted by atomic mass is 32.2. The Hall–Kier alpha value is -3.39. The maximum atomic E-state index is 12.3. The van der Waals surface area contributed by atoms with Gasteiger partial charge in [-0.2, -0.15) is 0 Å². The second-order valence-corrected chi connectivity index (χ2v) is 7.01. The first kappa shape index (κ1) is 18.0. The van der Waals surface area contributed by atoms with Gasteiger partial charge in [0.05, 0.1) is 16.8 Å². The van der Waals surface area contributed by atoms with Crippen molar-refractivity contribution in [2.24, 2.45) is 0 Å². The van der Waals surface area contributed by atoms with E-state index in [1.165, 1.54) is 12.1 Å². The van der Waals surface area contributed by atoms with Gasteiger partial charge in [-0.05, 0) is 30.7 Å². The number of carbonyl (C=O) groups is 3. The van der Waals surface area contributed by atoms with Gasteiger partial charge in [-0.15, -0.1) is 0 Å². The zero-order chi connectivity index (χ0) is 19.7. The Morgan fingerprint density at radius 2 is 1.68 bits per heavy atom. The molecule has 0 atom stereocenters. The van der Waals surface area contributed by atoms with E-state index in [-0.39, 0.29) is 16.9 Å². The molecule has 28 heavy (non-hydrogen) atoms. The summed E-state index contributed by atoms with van der Waals surface area (Å²) in [4.78, 5) is 46.0. The number of hydrogen-bond donors (Lipinski definition) is 0. The van der Waals surface area contributed by atoms with Gasteiger partial charge >= 0.3 is 5.97 Å². The molecule has 0 bridgehead atoms. The van der Waals surface area contributed by atoms with E-state index in [9.17, 15) is 14.4 Å². The van der Waals surface area contributed by atoms with E-state index in [2.05, 4.69) is 4.98 Å². The summed E-state index contributed by atoms with van der Waals surface area (Å²) >= 11 is 1.16. The van der Waals surface area contributed by atoms with E-state index >= 15 is 0 Å². The van der Waals surface area contributed by atoms with Gasteiger partial charge in [0.25, 0.3) is 11.8 Å². The van der Waals surface area contributed by atoms with Gasteiger partial charge < -0.3 is 4.84 Å². The average Bonchev–Trinajstić information content (AvgIpc) is 3.26. The molecule has 0 saturated heterocycles. The Kier molecular flexibility index (Phi) is 4.70. The number of para-hydroxylation sites is 1. The van der Waals surface area contributed by atoms with Crippen LogP contribution in [0.3, 0.4) is 0 Å². The highest BCUT2D eigenvalue weighted by molar-refractivity contribution is 7.99. The molecule has 140 valence electrons. The van der Waals surface area contributed by atoms with Crippen molar-refractivity contribution in [1.29, 1.82) is 0 Å². The van der Waals surface area contributed by atoms with Gasteiger partial charge in [0.15, 0.2) is 5.16 Å². The van der Waals surface area contributed by atoms with E-state index < -0.39 is 17.8 Å². The first-order chi connectivity index (χ1) is 13.6. The third-order valence-corrected chi connectivity index (χ3v) is 5.19. The van der Waals surface area contributed by atoms with Crippen LogP contribution in [0.2, 0.25) is 0 Å². The van der Waals surface area contributed by atoms with E-state index in [1.54, 1.807) is 24.5 Å². The van der Waals surface area contributed by atoms with Crippen LogP contribution in [-0.2, 0) is 9.63 Å². The molecule has 2 amide bonds. The standard InChI is InChI=1S/C20H15N3O4S/c1-13-6-2-5-9-16(13)22-11-10-21-20(22)28-12-17(24)27-23-18(25)14-7-3-4-8-15(14)19(23)26/h2-11H,12H2,1H3. The lowest BCUT2D eigenvalue weighted by Gasteiger charge is -2.13. The van der Waals surface area contributed by atoms with Crippen LogP contribution in [-0.4, -0.2) is 38.2 Å². The van der Waals surface area contributed by atoms with Gasteiger partial charge in [-0.3, -0.25) is 14.2 Å². The highest BCUT2D eigenvalue weighted by Gasteiger charge is 2.38. The Bertz CT molecular complexity index is 1060. The first-order valence-electron chi connectivity index (χ1n) is 8.47. The van der Waals surface area contributed by atoms with Crippen molar-refractivity contribution >= 4 is 29.5 Å². The van der Waals surface area contributed by atoms with E-state index in [1.807, 2.05) is 35.8 Å². The van der Waals surface area contributed by atoms with Gasteiger partial charge in [0, 0.05) is 12.4 Å². The molecule has 2 heterocycles. The molecular formula is C20H15N3O4S. The predicted molar refractivity (Wildman–Crippen MR) is 102 cm³/mol. The fourth-order valence-electron chi connectivity index (χ4n) is 2.92. The predicted octanol–water partition coefficient (Wildman–Crippen LogP) is 3.03. The number of rotatable bonds is 5. The van der Waals surface area contributed by atoms with Crippen molar-refractivity contribution in [1.82, 2.24) is 14.6 Å². The molecule has 0 spiro atoms. The van der Waals surface area contributed by atoms with Crippen molar-refractivity contribution < 1.29 is 19.2 Å². The van der Waals surface area contributed by atoms with Crippen molar-refractivity contribution in [2.45, 2.75) is 12.1 Å². The quantitative estimate of drug-likeness (QED) is 0.490. The molecule has 1 aliphatic heterocycles. The van der Waals surface area contributed by atoms with Crippen LogP contribution in [0.4, 0.5) is 0 Å². The van der Waals surface area contributed by atoms with Crippen molar-refractivity contribution in [3.63, 3.8) is 0 Å². The second kappa shape index (κ2) is 7.32. The molecule has 1 aromatic heterocycles. The van der Waals surface area contributed by atoms with Crippen LogP contribution in [0.25, 0.3) is 5.69 Å². The first-order valence-corrected chi connectivity index (χ1v) is 9.45. The molecule has 0 N–H and O–H groups in total. The summed E-state index contributed by atoms with van der Waals surface area (Å²) in [6, 6.07) is 14.2. The van der Waals surface area contributed by atoms with Crippen LogP contribution in [0, 0.1) is 6.92 Å². The summed E-state index contributed by atoms with van der Waals surface area (Å²) in [6.45, 7) is 1.99. The molecular weight excluding hydrogens is 378 g/mol. The maximum Gasteiger partial charge on any atom is 0.343 e. The average molecular weight is 393 g/mol. The van der Waals surface area contributed by atoms with Gasteiger partial charge in [0.2, 0.25) is 0 Å². The molecule has 4 rings (SSSR count). The lowest BCUT2D eigenvalue weighted by atomic mass is 10.1. The number of aryl methyl sites for hydroxylation is 1. The van der Waals surface area contributed by atoms with Gasteiger partial charge in [0.1, 0.15) is 5.75 Å². The third kappa shape index (κ3) is 3.18. The van der Waals surface area contributed by atoms with Crippen LogP contribution in [0.5, 0.6) is 0 Å². The molecule has 8 heteroatoms.